The molecule has 0 bridgehead atoms. The average Bonchev–Trinajstić information content (AvgIpc) is 3.28. The number of esters is 1. The smallest absolute Gasteiger partial charge is 0.462 e. The Balaban J connectivity index is 1.40. The van der Waals surface area contributed by atoms with Crippen molar-refractivity contribution in [1.82, 2.24) is 10.5 Å². The minimum atomic E-state index is -4.75. The van der Waals surface area contributed by atoms with Gasteiger partial charge in [-0.1, -0.05) is 24.3 Å². The molecule has 0 radical (unpaired) electrons. The third-order valence-corrected chi connectivity index (χ3v) is 4.67. The van der Waals surface area contributed by atoms with Crippen molar-refractivity contribution in [2.75, 3.05) is 6.61 Å². The van der Waals surface area contributed by atoms with Crippen LogP contribution < -0.4 is 15.0 Å². The molecule has 1 aliphatic rings. The van der Waals surface area contributed by atoms with Gasteiger partial charge in [0.2, 0.25) is 5.88 Å². The summed E-state index contributed by atoms with van der Waals surface area (Å²) in [5.41, 5.74) is 5.06. The number of nitrogens with zero attached hydrogens (tertiary/aromatic N) is 1. The summed E-state index contributed by atoms with van der Waals surface area (Å²) in [4.78, 5) is 21.7. The van der Waals surface area contributed by atoms with Crippen LogP contribution in [-0.2, 0) is 9.57 Å². The summed E-state index contributed by atoms with van der Waals surface area (Å²) < 4.78 is 51.5. The Labute approximate surface area is 192 Å². The second kappa shape index (κ2) is 9.84. The molecule has 0 aliphatic carbocycles. The van der Waals surface area contributed by atoms with Crippen molar-refractivity contribution >= 4 is 5.97 Å². The Morgan fingerprint density at radius 3 is 2.53 bits per heavy atom. The number of hydroxylamine groups is 1. The molecular formula is C24H19F3N2O5. The van der Waals surface area contributed by atoms with Gasteiger partial charge in [-0.2, -0.15) is 0 Å². The van der Waals surface area contributed by atoms with E-state index < -0.39 is 18.4 Å². The van der Waals surface area contributed by atoms with E-state index >= 15 is 0 Å². The van der Waals surface area contributed by atoms with Crippen molar-refractivity contribution in [3.8, 4) is 22.8 Å². The van der Waals surface area contributed by atoms with Gasteiger partial charge in [0.05, 0.1) is 24.1 Å². The topological polar surface area (TPSA) is 78.9 Å². The number of rotatable bonds is 7. The third kappa shape index (κ3) is 5.84. The molecule has 2 aromatic carbocycles. The first-order valence-electron chi connectivity index (χ1n) is 10.2. The highest BCUT2D eigenvalue weighted by atomic mass is 19.4. The van der Waals surface area contributed by atoms with Crippen LogP contribution in [0.15, 0.2) is 78.8 Å². The molecule has 10 heteroatoms. The number of nitrogens with one attached hydrogen (secondary N) is 1. The molecule has 1 aliphatic heterocycles. The minimum absolute atomic E-state index is 0.291. The number of carbonyl (C=O) groups is 1. The molecule has 0 fully saturated rings. The lowest BCUT2D eigenvalue weighted by Gasteiger charge is -2.11. The molecule has 1 atom stereocenters. The van der Waals surface area contributed by atoms with E-state index in [9.17, 15) is 18.0 Å². The van der Waals surface area contributed by atoms with E-state index in [2.05, 4.69) is 15.2 Å². The Morgan fingerprint density at radius 2 is 1.85 bits per heavy atom. The van der Waals surface area contributed by atoms with Crippen LogP contribution in [0.5, 0.6) is 11.5 Å². The number of pyridine rings is 1. The normalized spacial score (nSPS) is 15.3. The van der Waals surface area contributed by atoms with E-state index in [-0.39, 0.29) is 5.75 Å². The number of hydrogen-bond acceptors (Lipinski definition) is 7. The van der Waals surface area contributed by atoms with E-state index in [1.54, 1.807) is 43.3 Å². The number of carbonyl (C=O) groups excluding carboxylic acids is 1. The zero-order valence-electron chi connectivity index (χ0n) is 17.8. The first-order valence-corrected chi connectivity index (χ1v) is 10.2. The van der Waals surface area contributed by atoms with Crippen molar-refractivity contribution in [3.05, 3.63) is 89.9 Å². The molecule has 1 unspecified atom stereocenters. The number of hydrogen-bond donors (Lipinski definition) is 1. The van der Waals surface area contributed by atoms with Crippen LogP contribution in [0.2, 0.25) is 0 Å². The number of alkyl halides is 3. The molecule has 1 N–H and O–H groups in total. The Bertz CT molecular complexity index is 1180. The van der Waals surface area contributed by atoms with Crippen LogP contribution in [0.3, 0.4) is 0 Å². The molecule has 0 saturated heterocycles. The van der Waals surface area contributed by atoms with Gasteiger partial charge in [0.25, 0.3) is 0 Å². The van der Waals surface area contributed by atoms with Crippen molar-refractivity contribution in [1.29, 1.82) is 0 Å². The maximum atomic E-state index is 12.3. The predicted molar refractivity (Wildman–Crippen MR) is 114 cm³/mol. The van der Waals surface area contributed by atoms with Crippen LogP contribution in [0.25, 0.3) is 11.3 Å². The summed E-state index contributed by atoms with van der Waals surface area (Å²) in [5.74, 6) is 0.0175. The Kier molecular flexibility index (Phi) is 6.69. The fraction of sp³-hybridized carbons (Fsp3) is 0.167. The first kappa shape index (κ1) is 23.1. The summed E-state index contributed by atoms with van der Waals surface area (Å²) in [6.45, 7) is 2.03. The first-order chi connectivity index (χ1) is 16.3. The average molecular weight is 472 g/mol. The van der Waals surface area contributed by atoms with Gasteiger partial charge in [-0.15, -0.1) is 13.2 Å². The van der Waals surface area contributed by atoms with Crippen molar-refractivity contribution in [3.63, 3.8) is 0 Å². The van der Waals surface area contributed by atoms with Gasteiger partial charge in [0, 0.05) is 11.6 Å². The molecule has 2 heterocycles. The van der Waals surface area contributed by atoms with E-state index in [0.29, 0.717) is 35.1 Å². The summed E-state index contributed by atoms with van der Waals surface area (Å²) in [6, 6.07) is 15.7. The molecule has 4 rings (SSSR count). The second-order valence-corrected chi connectivity index (χ2v) is 7.07. The van der Waals surface area contributed by atoms with E-state index in [4.69, 9.17) is 14.3 Å². The highest BCUT2D eigenvalue weighted by Gasteiger charge is 2.31. The molecule has 34 heavy (non-hydrogen) atoms. The Morgan fingerprint density at radius 1 is 1.09 bits per heavy atom. The van der Waals surface area contributed by atoms with Crippen molar-refractivity contribution < 1.29 is 37.0 Å². The monoisotopic (exact) mass is 472 g/mol. The zero-order chi connectivity index (χ0) is 24.1. The predicted octanol–water partition coefficient (Wildman–Crippen LogP) is 5.32. The summed E-state index contributed by atoms with van der Waals surface area (Å²) in [5, 5.41) is 0. The molecular weight excluding hydrogens is 453 g/mol. The maximum Gasteiger partial charge on any atom is 0.573 e. The molecule has 0 amide bonds. The molecule has 7 nitrogen and oxygen atoms in total. The lowest BCUT2D eigenvalue weighted by atomic mass is 10.1. The number of ether oxygens (including phenoxy) is 3. The minimum Gasteiger partial charge on any atom is -0.462 e. The summed E-state index contributed by atoms with van der Waals surface area (Å²) in [6.07, 6.45) is -2.16. The maximum absolute atomic E-state index is 12.3. The fourth-order valence-corrected chi connectivity index (χ4v) is 3.16. The summed E-state index contributed by atoms with van der Waals surface area (Å²) in [7, 11) is 0. The second-order valence-electron chi connectivity index (χ2n) is 7.07. The van der Waals surface area contributed by atoms with Gasteiger partial charge < -0.3 is 14.2 Å². The highest BCUT2D eigenvalue weighted by molar-refractivity contribution is 5.90. The third-order valence-electron chi connectivity index (χ3n) is 4.67. The molecule has 0 saturated carbocycles. The lowest BCUT2D eigenvalue weighted by Crippen LogP contribution is -2.17. The number of halogens is 3. The van der Waals surface area contributed by atoms with Gasteiger partial charge in [-0.25, -0.2) is 10.3 Å². The standard InChI is InChI=1S/C24H19F3N2O5/c1-2-31-23(30)17-5-3-4-16(12-17)20-11-10-19(14-28-20)32-22-13-21(34-29-22)15-6-8-18(9-7-15)33-24(25,26)27/h3-14,21,29H,2H2,1H3. The zero-order valence-corrected chi connectivity index (χ0v) is 17.8. The van der Waals surface area contributed by atoms with Crippen LogP contribution in [0.1, 0.15) is 28.9 Å². The van der Waals surface area contributed by atoms with Crippen LogP contribution in [0.4, 0.5) is 13.2 Å². The Hall–Kier alpha value is -4.05. The van der Waals surface area contributed by atoms with E-state index in [1.165, 1.54) is 30.5 Å². The fourth-order valence-electron chi connectivity index (χ4n) is 3.16. The quantitative estimate of drug-likeness (QED) is 0.466. The van der Waals surface area contributed by atoms with Gasteiger partial charge in [-0.3, -0.25) is 9.82 Å². The largest absolute Gasteiger partial charge is 0.573 e. The lowest BCUT2D eigenvalue weighted by molar-refractivity contribution is -0.274. The van der Waals surface area contributed by atoms with Crippen LogP contribution >= 0.6 is 0 Å². The van der Waals surface area contributed by atoms with Gasteiger partial charge in [-0.05, 0) is 48.9 Å². The molecule has 3 aromatic rings. The van der Waals surface area contributed by atoms with Crippen LogP contribution in [-0.4, -0.2) is 23.9 Å². The number of aromatic nitrogens is 1. The molecule has 1 aromatic heterocycles. The van der Waals surface area contributed by atoms with Gasteiger partial charge in [0.15, 0.2) is 0 Å². The van der Waals surface area contributed by atoms with Crippen molar-refractivity contribution in [2.24, 2.45) is 0 Å². The van der Waals surface area contributed by atoms with Crippen LogP contribution in [0, 0.1) is 0 Å². The molecule has 176 valence electrons. The molecule has 0 spiro atoms. The summed E-state index contributed by atoms with van der Waals surface area (Å²) >= 11 is 0. The SMILES string of the molecule is CCOC(=O)c1cccc(-c2ccc(OC3=CC(c4ccc(OC(F)(F)F)cc4)ON3)cn2)c1. The number of benzene rings is 2. The van der Waals surface area contributed by atoms with E-state index in [0.717, 1.165) is 5.56 Å². The highest BCUT2D eigenvalue weighted by Crippen LogP contribution is 2.29. The van der Waals surface area contributed by atoms with Gasteiger partial charge >= 0.3 is 12.3 Å². The van der Waals surface area contributed by atoms with Gasteiger partial charge in [0.1, 0.15) is 17.6 Å². The van der Waals surface area contributed by atoms with Crippen molar-refractivity contribution in [2.45, 2.75) is 19.4 Å². The van der Waals surface area contributed by atoms with E-state index in [1.807, 2.05) is 6.07 Å².